The van der Waals surface area contributed by atoms with Crippen LogP contribution in [0.2, 0.25) is 0 Å². The lowest BCUT2D eigenvalue weighted by molar-refractivity contribution is 0.476. The summed E-state index contributed by atoms with van der Waals surface area (Å²) < 4.78 is 21.9. The van der Waals surface area contributed by atoms with Crippen molar-refractivity contribution < 1.29 is 13.6 Å². The Morgan fingerprint density at radius 2 is 0.687 bits per heavy atom. The van der Waals surface area contributed by atoms with Crippen LogP contribution in [0.3, 0.4) is 0 Å². The summed E-state index contributed by atoms with van der Waals surface area (Å²) in [6.45, 7) is 4.63. The van der Waals surface area contributed by atoms with Crippen LogP contribution in [0.15, 0.2) is 443 Å². The summed E-state index contributed by atoms with van der Waals surface area (Å²) in [5, 5.41) is 19.9. The maximum atomic E-state index is 6.51. The van der Waals surface area contributed by atoms with Crippen LogP contribution in [0.4, 0.5) is 51.4 Å². The zero-order chi connectivity index (χ0) is 86.5. The molecule has 28 rings (SSSR count). The lowest BCUT2D eigenvalue weighted by Crippen LogP contribution is -2.30. The van der Waals surface area contributed by atoms with E-state index < -0.39 is 0 Å². The van der Waals surface area contributed by atoms with Gasteiger partial charge >= 0.3 is 0 Å². The first-order valence-electron chi connectivity index (χ1n) is 44.3. The van der Waals surface area contributed by atoms with Crippen molar-refractivity contribution in [3.63, 3.8) is 0 Å². The molecule has 0 spiro atoms. The van der Waals surface area contributed by atoms with E-state index >= 15 is 0 Å². The molecule has 3 aliphatic rings. The minimum absolute atomic E-state index is 0.141. The fraction of sp³-hybridized carbons (Fsp3) is 0.0250. The number of hydrogen-bond donors (Lipinski definition) is 0. The van der Waals surface area contributed by atoms with Crippen LogP contribution in [0.25, 0.3) is 174 Å². The molecule has 19 aromatic carbocycles. The molecule has 9 heterocycles. The second kappa shape index (κ2) is 30.4. The highest BCUT2D eigenvalue weighted by molar-refractivity contribution is 7.99. The predicted molar refractivity (Wildman–Crippen MR) is 547 cm³/mol. The first kappa shape index (κ1) is 75.9. The Morgan fingerprint density at radius 3 is 1.24 bits per heavy atom. The molecular weight excluding hydrogens is 1640 g/mol. The molecule has 6 aromatic heterocycles. The SMILES string of the molecule is CC1(C)c2ccccc2N(c2cc3c(ccc4oc5cc6ccccc6cc5c43)c(-c3ccccc3)n2)c2ccccc21.c1ccc(-c2cc(-c3ccc(N4c5ccccc5Sc5ccccc54)cc3)nc3c2ccc2oc4cc5ccccc5cc4c23)cc1.c1ccc(-c2nc(N3c4ccccc4Oc4ccccc43)cc3c2ccc2sc4cc5ccccc5cc4c23)cc1. The van der Waals surface area contributed by atoms with Crippen LogP contribution in [-0.4, -0.2) is 15.0 Å². The fourth-order valence-electron chi connectivity index (χ4n) is 20.3. The summed E-state index contributed by atoms with van der Waals surface area (Å²) in [7, 11) is 0. The number of rotatable bonds is 7. The highest BCUT2D eigenvalue weighted by Crippen LogP contribution is 2.57. The number of aromatic nitrogens is 3. The summed E-state index contributed by atoms with van der Waals surface area (Å²) in [6, 6.07) is 150. The molecule has 0 saturated heterocycles. The Kier molecular flexibility index (Phi) is 17.6. The van der Waals surface area contributed by atoms with E-state index in [1.54, 1.807) is 0 Å². The first-order valence-corrected chi connectivity index (χ1v) is 46.0. The molecule has 0 unspecified atom stereocenters. The Labute approximate surface area is 762 Å². The number of para-hydroxylation sites is 8. The van der Waals surface area contributed by atoms with Crippen LogP contribution < -0.4 is 19.4 Å². The van der Waals surface area contributed by atoms with Crippen molar-refractivity contribution in [3.05, 3.63) is 436 Å². The van der Waals surface area contributed by atoms with E-state index in [9.17, 15) is 0 Å². The molecule has 0 N–H and O–H groups in total. The Balaban J connectivity index is 0.000000103. The number of hydrogen-bond acceptors (Lipinski definition) is 11. The fourth-order valence-corrected chi connectivity index (χ4v) is 22.5. The van der Waals surface area contributed by atoms with Gasteiger partial charge in [-0.2, -0.15) is 0 Å². The third kappa shape index (κ3) is 12.6. The van der Waals surface area contributed by atoms with Crippen LogP contribution in [0.1, 0.15) is 25.0 Å². The summed E-state index contributed by atoms with van der Waals surface area (Å²) in [5.41, 5.74) is 23.1. The number of pyridine rings is 3. The lowest BCUT2D eigenvalue weighted by Gasteiger charge is -2.41. The van der Waals surface area contributed by atoms with Gasteiger partial charge in [-0.15, -0.1) is 11.3 Å². The summed E-state index contributed by atoms with van der Waals surface area (Å²) in [4.78, 5) is 25.7. The van der Waals surface area contributed by atoms with Crippen LogP contribution in [-0.2, 0) is 5.41 Å². The molecule has 0 aliphatic carbocycles. The Morgan fingerprint density at radius 1 is 0.267 bits per heavy atom. The van der Waals surface area contributed by atoms with Crippen molar-refractivity contribution in [1.29, 1.82) is 0 Å². The molecule has 25 aromatic rings. The smallest absolute Gasteiger partial charge is 0.151 e. The van der Waals surface area contributed by atoms with E-state index in [1.807, 2.05) is 47.4 Å². The number of furan rings is 2. The molecule has 0 amide bonds. The molecule has 0 fully saturated rings. The zero-order valence-electron chi connectivity index (χ0n) is 71.1. The van der Waals surface area contributed by atoms with E-state index in [2.05, 4.69) is 429 Å². The molecule has 0 radical (unpaired) electrons. The first-order chi connectivity index (χ1) is 64.7. The molecule has 9 nitrogen and oxygen atoms in total. The zero-order valence-corrected chi connectivity index (χ0v) is 72.8. The van der Waals surface area contributed by atoms with E-state index in [0.717, 1.165) is 167 Å². The van der Waals surface area contributed by atoms with E-state index in [1.165, 1.54) is 90.2 Å². The third-order valence-electron chi connectivity index (χ3n) is 26.4. The molecule has 0 saturated carbocycles. The van der Waals surface area contributed by atoms with Gasteiger partial charge in [0.05, 0.1) is 62.1 Å². The van der Waals surface area contributed by atoms with Gasteiger partial charge in [-0.25, -0.2) is 15.0 Å². The second-order valence-electron chi connectivity index (χ2n) is 34.4. The third-order valence-corrected chi connectivity index (χ3v) is 28.7. The number of ether oxygens (including phenoxy) is 1. The summed E-state index contributed by atoms with van der Waals surface area (Å²) in [5.74, 6) is 3.40. The van der Waals surface area contributed by atoms with Crippen LogP contribution >= 0.6 is 23.1 Å². The highest BCUT2D eigenvalue weighted by atomic mass is 32.2. The van der Waals surface area contributed by atoms with E-state index in [-0.39, 0.29) is 5.41 Å². The number of nitrogens with zero attached hydrogens (tertiary/aromatic N) is 6. The topological polar surface area (TPSA) is 83.9 Å². The minimum atomic E-state index is -0.141. The number of fused-ring (bicyclic) bond motifs is 24. The monoisotopic (exact) mass is 1710 g/mol. The standard InChI is InChI=1S/C43H26N2OS.C40H28N2O.C37H22N2OS/c1-2-10-27(11-3-1)33-26-35(44-43-32(33)22-23-38-42(43)34-24-29-12-4-5-13-30(29)25-39(34)46-38)28-18-20-31(21-19-28)45-36-14-6-8-16-40(36)47-41-17-9-7-15-37(41)45;1-40(2)31-16-8-10-18-33(31)42(34-19-11-9-17-32(34)40)37-24-29-28(39(41-37)25-12-4-3-5-13-25)20-21-35-38(29)30-22-26-14-6-7-15-27(26)23-36(30)43-35;1-2-10-23(11-3-1)37-26-18-19-33-36(28-20-24-12-4-5-13-25(24)21-34(28)41-33)27(26)22-35(38-37)39-29-14-6-8-16-31(29)40-32-17-9-7-15-30(32)39/h1-26H;3-24H,1-2H3;1-22H. The predicted octanol–water partition coefficient (Wildman–Crippen LogP) is 34.6. The minimum Gasteiger partial charge on any atom is -0.456 e. The van der Waals surface area contributed by atoms with Gasteiger partial charge < -0.3 is 18.5 Å². The average molecular weight is 1710 g/mol. The Hall–Kier alpha value is -16.4. The summed E-state index contributed by atoms with van der Waals surface area (Å²) in [6.07, 6.45) is 0. The van der Waals surface area contributed by atoms with E-state index in [0.29, 0.717) is 0 Å². The number of thiophene rings is 1. The number of benzene rings is 19. The van der Waals surface area contributed by atoms with Crippen molar-refractivity contribution in [3.8, 4) is 56.4 Å². The highest BCUT2D eigenvalue weighted by Gasteiger charge is 2.38. The average Bonchev–Trinajstić information content (AvgIpc) is 1.70. The van der Waals surface area contributed by atoms with Gasteiger partial charge in [0.1, 0.15) is 34.0 Å². The molecule has 616 valence electrons. The van der Waals surface area contributed by atoms with Crippen molar-refractivity contribution >= 4 is 203 Å². The molecule has 0 atom stereocenters. The normalized spacial score (nSPS) is 13.0. The molecule has 11 heteroatoms. The largest absolute Gasteiger partial charge is 0.456 e. The molecule has 3 aliphatic heterocycles. The van der Waals surface area contributed by atoms with Crippen molar-refractivity contribution in [1.82, 2.24) is 15.0 Å². The lowest BCUT2D eigenvalue weighted by atomic mass is 9.73. The summed E-state index contributed by atoms with van der Waals surface area (Å²) >= 11 is 3.68. The molecular formula is C120H76N6O3S2. The Bertz CT molecular complexity index is 8860. The van der Waals surface area contributed by atoms with Gasteiger partial charge in [-0.3, -0.25) is 9.80 Å². The maximum absolute atomic E-state index is 6.51. The van der Waals surface area contributed by atoms with E-state index in [4.69, 9.17) is 28.5 Å². The van der Waals surface area contributed by atoms with Crippen LogP contribution in [0, 0.1) is 0 Å². The quantitative estimate of drug-likeness (QED) is 0.154. The molecule has 0 bridgehead atoms. The maximum Gasteiger partial charge on any atom is 0.151 e. The molecule has 131 heavy (non-hydrogen) atoms. The van der Waals surface area contributed by atoms with Gasteiger partial charge in [-0.1, -0.05) is 293 Å². The van der Waals surface area contributed by atoms with Crippen molar-refractivity contribution in [2.45, 2.75) is 29.1 Å². The number of anilines is 9. The van der Waals surface area contributed by atoms with Gasteiger partial charge in [0.2, 0.25) is 0 Å². The van der Waals surface area contributed by atoms with Gasteiger partial charge in [-0.05, 0) is 223 Å². The van der Waals surface area contributed by atoms with Gasteiger partial charge in [0.25, 0.3) is 0 Å². The van der Waals surface area contributed by atoms with Crippen LogP contribution in [0.5, 0.6) is 11.5 Å². The van der Waals surface area contributed by atoms with Crippen molar-refractivity contribution in [2.75, 3.05) is 14.7 Å². The van der Waals surface area contributed by atoms with Gasteiger partial charge in [0.15, 0.2) is 11.5 Å². The van der Waals surface area contributed by atoms with Gasteiger partial charge in [0, 0.05) is 90.1 Å². The van der Waals surface area contributed by atoms with Crippen molar-refractivity contribution in [2.24, 2.45) is 0 Å². The second-order valence-corrected chi connectivity index (χ2v) is 36.6.